The molecule has 0 saturated carbocycles. The molecule has 0 aliphatic carbocycles. The van der Waals surface area contributed by atoms with E-state index in [1.54, 1.807) is 6.20 Å². The van der Waals surface area contributed by atoms with Crippen molar-refractivity contribution >= 4 is 11.4 Å². The van der Waals surface area contributed by atoms with Gasteiger partial charge >= 0.3 is 0 Å². The number of anilines is 2. The van der Waals surface area contributed by atoms with Gasteiger partial charge in [0.05, 0.1) is 6.61 Å². The van der Waals surface area contributed by atoms with Gasteiger partial charge in [-0.3, -0.25) is 4.98 Å². The first-order chi connectivity index (χ1) is 8.61. The second kappa shape index (κ2) is 5.19. The standard InChI is InChI=1S/C15H18N2O/c1-11-4-6-14(7-5-11)17(3)15-8-12(2)16-9-13(15)10-18/h4-9,18H,10H2,1-3H3. The quantitative estimate of drug-likeness (QED) is 0.899. The molecule has 1 aromatic carbocycles. The molecule has 1 aromatic heterocycles. The van der Waals surface area contributed by atoms with Gasteiger partial charge in [0, 0.05) is 35.9 Å². The van der Waals surface area contributed by atoms with Crippen LogP contribution in [0.25, 0.3) is 0 Å². The van der Waals surface area contributed by atoms with Crippen LogP contribution in [-0.4, -0.2) is 17.1 Å². The third kappa shape index (κ3) is 2.51. The Bertz CT molecular complexity index is 535. The van der Waals surface area contributed by atoms with E-state index in [4.69, 9.17) is 0 Å². The van der Waals surface area contributed by atoms with Crippen LogP contribution in [0.4, 0.5) is 11.4 Å². The van der Waals surface area contributed by atoms with Crippen LogP contribution in [0.1, 0.15) is 16.8 Å². The molecule has 0 unspecified atom stereocenters. The predicted octanol–water partition coefficient (Wildman–Crippen LogP) is 2.96. The molecule has 0 spiro atoms. The first-order valence-corrected chi connectivity index (χ1v) is 5.98. The molecule has 0 amide bonds. The summed E-state index contributed by atoms with van der Waals surface area (Å²) in [6.45, 7) is 4.02. The Labute approximate surface area is 108 Å². The highest BCUT2D eigenvalue weighted by molar-refractivity contribution is 5.65. The lowest BCUT2D eigenvalue weighted by Crippen LogP contribution is -2.12. The Kier molecular flexibility index (Phi) is 3.63. The predicted molar refractivity (Wildman–Crippen MR) is 74.1 cm³/mol. The smallest absolute Gasteiger partial charge is 0.0717 e. The average Bonchev–Trinajstić information content (AvgIpc) is 2.39. The number of benzene rings is 1. The summed E-state index contributed by atoms with van der Waals surface area (Å²) in [7, 11) is 2.00. The van der Waals surface area contributed by atoms with E-state index < -0.39 is 0 Å². The fourth-order valence-corrected chi connectivity index (χ4v) is 1.92. The number of aliphatic hydroxyl groups is 1. The number of aryl methyl sites for hydroxylation is 2. The summed E-state index contributed by atoms with van der Waals surface area (Å²) in [6, 6.07) is 10.3. The number of hydrogen-bond acceptors (Lipinski definition) is 3. The van der Waals surface area contributed by atoms with Crippen molar-refractivity contribution in [2.24, 2.45) is 0 Å². The fourth-order valence-electron chi connectivity index (χ4n) is 1.92. The van der Waals surface area contributed by atoms with E-state index >= 15 is 0 Å². The molecule has 2 rings (SSSR count). The SMILES string of the molecule is Cc1ccc(N(C)c2cc(C)ncc2CO)cc1. The van der Waals surface area contributed by atoms with Gasteiger partial charge in [-0.2, -0.15) is 0 Å². The van der Waals surface area contributed by atoms with Crippen LogP contribution in [0, 0.1) is 13.8 Å². The second-order valence-electron chi connectivity index (χ2n) is 4.51. The third-order valence-electron chi connectivity index (χ3n) is 3.05. The number of aromatic nitrogens is 1. The third-order valence-corrected chi connectivity index (χ3v) is 3.05. The molecule has 1 N–H and O–H groups in total. The summed E-state index contributed by atoms with van der Waals surface area (Å²) < 4.78 is 0. The minimum absolute atomic E-state index is 0.00118. The summed E-state index contributed by atoms with van der Waals surface area (Å²) >= 11 is 0. The van der Waals surface area contributed by atoms with Gasteiger partial charge in [0.1, 0.15) is 0 Å². The van der Waals surface area contributed by atoms with Gasteiger partial charge in [-0.15, -0.1) is 0 Å². The average molecular weight is 242 g/mol. The molecule has 3 nitrogen and oxygen atoms in total. The first-order valence-electron chi connectivity index (χ1n) is 5.98. The number of nitrogens with zero attached hydrogens (tertiary/aromatic N) is 2. The molecule has 0 saturated heterocycles. The Morgan fingerprint density at radius 1 is 1.17 bits per heavy atom. The van der Waals surface area contributed by atoms with E-state index in [9.17, 15) is 5.11 Å². The summed E-state index contributed by atoms with van der Waals surface area (Å²) in [4.78, 5) is 6.28. The van der Waals surface area contributed by atoms with Gasteiger partial charge in [0.25, 0.3) is 0 Å². The van der Waals surface area contributed by atoms with Crippen LogP contribution in [0.3, 0.4) is 0 Å². The fraction of sp³-hybridized carbons (Fsp3) is 0.267. The minimum atomic E-state index is -0.00118. The molecule has 0 aliphatic heterocycles. The topological polar surface area (TPSA) is 36.4 Å². The van der Waals surface area contributed by atoms with Gasteiger partial charge < -0.3 is 10.0 Å². The Hall–Kier alpha value is -1.87. The first kappa shape index (κ1) is 12.6. The van der Waals surface area contributed by atoms with Crippen LogP contribution in [-0.2, 0) is 6.61 Å². The highest BCUT2D eigenvalue weighted by Crippen LogP contribution is 2.27. The molecule has 2 aromatic rings. The lowest BCUT2D eigenvalue weighted by atomic mass is 10.1. The number of rotatable bonds is 3. The summed E-state index contributed by atoms with van der Waals surface area (Å²) in [6.07, 6.45) is 1.73. The second-order valence-corrected chi connectivity index (χ2v) is 4.51. The molecule has 0 bridgehead atoms. The van der Waals surface area contributed by atoms with Crippen molar-refractivity contribution in [2.45, 2.75) is 20.5 Å². The molecule has 0 radical (unpaired) electrons. The van der Waals surface area contributed by atoms with Crippen molar-refractivity contribution in [3.8, 4) is 0 Å². The van der Waals surface area contributed by atoms with Crippen molar-refractivity contribution in [1.29, 1.82) is 0 Å². The molecule has 1 heterocycles. The molecule has 18 heavy (non-hydrogen) atoms. The highest BCUT2D eigenvalue weighted by atomic mass is 16.3. The molecular weight excluding hydrogens is 224 g/mol. The molecule has 94 valence electrons. The van der Waals surface area contributed by atoms with Crippen LogP contribution in [0.15, 0.2) is 36.5 Å². The van der Waals surface area contributed by atoms with Crippen LogP contribution >= 0.6 is 0 Å². The zero-order valence-electron chi connectivity index (χ0n) is 11.0. The largest absolute Gasteiger partial charge is 0.392 e. The lowest BCUT2D eigenvalue weighted by Gasteiger charge is -2.22. The van der Waals surface area contributed by atoms with Crippen molar-refractivity contribution in [3.63, 3.8) is 0 Å². The molecule has 0 fully saturated rings. The van der Waals surface area contributed by atoms with E-state index in [0.29, 0.717) is 0 Å². The highest BCUT2D eigenvalue weighted by Gasteiger charge is 2.09. The lowest BCUT2D eigenvalue weighted by molar-refractivity contribution is 0.282. The van der Waals surface area contributed by atoms with Gasteiger partial charge in [-0.05, 0) is 32.0 Å². The van der Waals surface area contributed by atoms with Crippen molar-refractivity contribution in [2.75, 3.05) is 11.9 Å². The van der Waals surface area contributed by atoms with E-state index in [1.165, 1.54) is 5.56 Å². The normalized spacial score (nSPS) is 10.4. The van der Waals surface area contributed by atoms with Crippen LogP contribution in [0.2, 0.25) is 0 Å². The maximum Gasteiger partial charge on any atom is 0.0717 e. The zero-order valence-corrected chi connectivity index (χ0v) is 11.0. The number of hydrogen-bond donors (Lipinski definition) is 1. The number of pyridine rings is 1. The Balaban J connectivity index is 2.41. The summed E-state index contributed by atoms with van der Waals surface area (Å²) in [5.74, 6) is 0. The molecule has 0 aliphatic rings. The van der Waals surface area contributed by atoms with E-state index in [2.05, 4.69) is 41.1 Å². The van der Waals surface area contributed by atoms with Crippen molar-refractivity contribution in [3.05, 3.63) is 53.3 Å². The molecular formula is C15H18N2O. The maximum atomic E-state index is 9.38. The number of aliphatic hydroxyl groups excluding tert-OH is 1. The Morgan fingerprint density at radius 3 is 2.44 bits per heavy atom. The van der Waals surface area contributed by atoms with Gasteiger partial charge in [0.15, 0.2) is 0 Å². The monoisotopic (exact) mass is 242 g/mol. The summed E-state index contributed by atoms with van der Waals surface area (Å²) in [5.41, 5.74) is 5.11. The van der Waals surface area contributed by atoms with E-state index in [0.717, 1.165) is 22.6 Å². The van der Waals surface area contributed by atoms with Crippen LogP contribution < -0.4 is 4.90 Å². The van der Waals surface area contributed by atoms with E-state index in [1.807, 2.05) is 20.0 Å². The Morgan fingerprint density at radius 2 is 1.83 bits per heavy atom. The van der Waals surface area contributed by atoms with Gasteiger partial charge in [-0.25, -0.2) is 0 Å². The summed E-state index contributed by atoms with van der Waals surface area (Å²) in [5, 5.41) is 9.38. The molecule has 0 atom stereocenters. The van der Waals surface area contributed by atoms with Crippen molar-refractivity contribution in [1.82, 2.24) is 4.98 Å². The van der Waals surface area contributed by atoms with Gasteiger partial charge in [-0.1, -0.05) is 17.7 Å². The zero-order chi connectivity index (χ0) is 13.1. The maximum absolute atomic E-state index is 9.38. The molecule has 3 heteroatoms. The van der Waals surface area contributed by atoms with Gasteiger partial charge in [0.2, 0.25) is 0 Å². The minimum Gasteiger partial charge on any atom is -0.392 e. The van der Waals surface area contributed by atoms with Crippen LogP contribution in [0.5, 0.6) is 0 Å². The van der Waals surface area contributed by atoms with E-state index in [-0.39, 0.29) is 6.61 Å². The van der Waals surface area contributed by atoms with Crippen molar-refractivity contribution < 1.29 is 5.11 Å².